The van der Waals surface area contributed by atoms with Crippen LogP contribution < -0.4 is 5.73 Å². The third-order valence-electron chi connectivity index (χ3n) is 4.60. The Morgan fingerprint density at radius 2 is 1.95 bits per heavy atom. The lowest BCUT2D eigenvalue weighted by Gasteiger charge is -2.27. The van der Waals surface area contributed by atoms with Gasteiger partial charge in [0.15, 0.2) is 0 Å². The highest BCUT2D eigenvalue weighted by molar-refractivity contribution is 7.99. The second-order valence-corrected chi connectivity index (χ2v) is 7.77. The molecule has 1 saturated carbocycles. The van der Waals surface area contributed by atoms with Gasteiger partial charge in [-0.2, -0.15) is 11.8 Å². The second kappa shape index (κ2) is 6.85. The summed E-state index contributed by atoms with van der Waals surface area (Å²) >= 11 is 2.08. The summed E-state index contributed by atoms with van der Waals surface area (Å²) in [7, 11) is 0. The lowest BCUT2D eigenvalue weighted by atomic mass is 9.91. The van der Waals surface area contributed by atoms with Gasteiger partial charge in [0, 0.05) is 17.0 Å². The maximum Gasteiger partial charge on any atom is 0.0387 e. The highest BCUT2D eigenvalue weighted by Gasteiger charge is 2.20. The fourth-order valence-electron chi connectivity index (χ4n) is 3.30. The van der Waals surface area contributed by atoms with Crippen molar-refractivity contribution in [3.05, 3.63) is 48.0 Å². The van der Waals surface area contributed by atoms with Gasteiger partial charge in [-0.1, -0.05) is 56.2 Å². The van der Waals surface area contributed by atoms with E-state index in [0.717, 1.165) is 16.9 Å². The number of rotatable bonds is 4. The molecule has 3 unspecified atom stereocenters. The molecule has 0 amide bonds. The van der Waals surface area contributed by atoms with Crippen molar-refractivity contribution in [2.24, 2.45) is 11.7 Å². The van der Waals surface area contributed by atoms with Crippen molar-refractivity contribution >= 4 is 22.5 Å². The average Bonchev–Trinajstić information content (AvgIpc) is 2.52. The monoisotopic (exact) mass is 299 g/mol. The smallest absolute Gasteiger partial charge is 0.0387 e. The van der Waals surface area contributed by atoms with E-state index in [2.05, 4.69) is 61.2 Å². The molecule has 1 aliphatic carbocycles. The Morgan fingerprint density at radius 3 is 2.76 bits per heavy atom. The van der Waals surface area contributed by atoms with Gasteiger partial charge in [0.2, 0.25) is 0 Å². The Balaban J connectivity index is 1.62. The molecule has 21 heavy (non-hydrogen) atoms. The minimum atomic E-state index is 0.150. The van der Waals surface area contributed by atoms with Crippen LogP contribution in [0.2, 0.25) is 0 Å². The number of thioether (sulfide) groups is 1. The molecule has 1 fully saturated rings. The van der Waals surface area contributed by atoms with Gasteiger partial charge < -0.3 is 5.73 Å². The van der Waals surface area contributed by atoms with Crippen molar-refractivity contribution in [1.29, 1.82) is 0 Å². The maximum absolute atomic E-state index is 6.42. The summed E-state index contributed by atoms with van der Waals surface area (Å²) in [5.74, 6) is 1.93. The van der Waals surface area contributed by atoms with E-state index < -0.39 is 0 Å². The molecule has 3 atom stereocenters. The molecule has 2 heteroatoms. The molecule has 0 radical (unpaired) electrons. The Hall–Kier alpha value is -0.990. The van der Waals surface area contributed by atoms with Gasteiger partial charge in [-0.05, 0) is 41.2 Å². The molecule has 2 aromatic carbocycles. The van der Waals surface area contributed by atoms with E-state index in [1.165, 1.54) is 42.0 Å². The minimum absolute atomic E-state index is 0.150. The van der Waals surface area contributed by atoms with Crippen LogP contribution in [0.3, 0.4) is 0 Å². The zero-order valence-electron chi connectivity index (χ0n) is 12.8. The summed E-state index contributed by atoms with van der Waals surface area (Å²) in [5, 5.41) is 3.41. The fourth-order valence-corrected chi connectivity index (χ4v) is 4.77. The molecule has 2 N–H and O–H groups in total. The first kappa shape index (κ1) is 14.9. The number of hydrogen-bond acceptors (Lipinski definition) is 2. The van der Waals surface area contributed by atoms with Crippen molar-refractivity contribution in [2.45, 2.75) is 43.9 Å². The molecule has 3 rings (SSSR count). The van der Waals surface area contributed by atoms with Crippen molar-refractivity contribution in [2.75, 3.05) is 5.75 Å². The van der Waals surface area contributed by atoms with E-state index in [1.807, 2.05) is 0 Å². The van der Waals surface area contributed by atoms with Gasteiger partial charge in [0.1, 0.15) is 0 Å². The molecule has 0 saturated heterocycles. The summed E-state index contributed by atoms with van der Waals surface area (Å²) in [6.07, 6.45) is 5.55. The molecule has 0 bridgehead atoms. The Labute approximate surface area is 132 Å². The quantitative estimate of drug-likeness (QED) is 0.844. The highest BCUT2D eigenvalue weighted by Crippen LogP contribution is 2.33. The number of benzene rings is 2. The van der Waals surface area contributed by atoms with E-state index in [-0.39, 0.29) is 6.04 Å². The Kier molecular flexibility index (Phi) is 4.87. The van der Waals surface area contributed by atoms with Crippen molar-refractivity contribution in [1.82, 2.24) is 0 Å². The van der Waals surface area contributed by atoms with Crippen LogP contribution in [0.15, 0.2) is 42.5 Å². The summed E-state index contributed by atoms with van der Waals surface area (Å²) in [6, 6.07) is 15.3. The van der Waals surface area contributed by atoms with Crippen LogP contribution in [0, 0.1) is 5.92 Å². The summed E-state index contributed by atoms with van der Waals surface area (Å²) in [6.45, 7) is 2.38. The Bertz CT molecular complexity index is 595. The fraction of sp³-hybridized carbons (Fsp3) is 0.474. The molecule has 1 aliphatic rings. The Morgan fingerprint density at radius 1 is 1.14 bits per heavy atom. The van der Waals surface area contributed by atoms with Crippen molar-refractivity contribution < 1.29 is 0 Å². The van der Waals surface area contributed by atoms with Crippen molar-refractivity contribution in [3.63, 3.8) is 0 Å². The zero-order chi connectivity index (χ0) is 14.7. The lowest BCUT2D eigenvalue weighted by Crippen LogP contribution is -2.19. The first-order chi connectivity index (χ1) is 10.2. The third kappa shape index (κ3) is 3.81. The predicted molar refractivity (Wildman–Crippen MR) is 94.8 cm³/mol. The topological polar surface area (TPSA) is 26.0 Å². The van der Waals surface area contributed by atoms with Gasteiger partial charge in [-0.15, -0.1) is 0 Å². The third-order valence-corrected chi connectivity index (χ3v) is 6.05. The van der Waals surface area contributed by atoms with E-state index in [4.69, 9.17) is 5.73 Å². The lowest BCUT2D eigenvalue weighted by molar-refractivity contribution is 0.394. The first-order valence-corrected chi connectivity index (χ1v) is 9.13. The standard InChI is InChI=1S/C19H25NS/c1-14-5-4-8-18(11-14)21-13-19(20)17-10-9-15-6-2-3-7-16(15)12-17/h2-3,6-7,9-10,12,14,18-19H,4-5,8,11,13,20H2,1H3. The second-order valence-electron chi connectivity index (χ2n) is 6.44. The molecule has 0 aliphatic heterocycles. The highest BCUT2D eigenvalue weighted by atomic mass is 32.2. The molecule has 0 heterocycles. The van der Waals surface area contributed by atoms with Crippen LogP contribution >= 0.6 is 11.8 Å². The molecular formula is C19H25NS. The average molecular weight is 299 g/mol. The first-order valence-electron chi connectivity index (χ1n) is 8.08. The normalized spacial score (nSPS) is 24.1. The molecule has 112 valence electrons. The molecule has 0 aromatic heterocycles. The number of nitrogens with two attached hydrogens (primary N) is 1. The van der Waals surface area contributed by atoms with E-state index >= 15 is 0 Å². The molecule has 2 aromatic rings. The molecule has 1 nitrogen and oxygen atoms in total. The van der Waals surface area contributed by atoms with Crippen LogP contribution in [0.4, 0.5) is 0 Å². The molecule has 0 spiro atoms. The van der Waals surface area contributed by atoms with E-state index in [0.29, 0.717) is 0 Å². The van der Waals surface area contributed by atoms with Crippen LogP contribution in [-0.2, 0) is 0 Å². The summed E-state index contributed by atoms with van der Waals surface area (Å²) in [5.41, 5.74) is 7.69. The van der Waals surface area contributed by atoms with Gasteiger partial charge in [-0.25, -0.2) is 0 Å². The van der Waals surface area contributed by atoms with Gasteiger partial charge >= 0.3 is 0 Å². The minimum Gasteiger partial charge on any atom is -0.323 e. The number of hydrogen-bond donors (Lipinski definition) is 1. The van der Waals surface area contributed by atoms with E-state index in [1.54, 1.807) is 0 Å². The molecular weight excluding hydrogens is 274 g/mol. The number of fused-ring (bicyclic) bond motifs is 1. The maximum atomic E-state index is 6.42. The van der Waals surface area contributed by atoms with E-state index in [9.17, 15) is 0 Å². The van der Waals surface area contributed by atoms with Gasteiger partial charge in [-0.3, -0.25) is 0 Å². The van der Waals surface area contributed by atoms with Gasteiger partial charge in [0.05, 0.1) is 0 Å². The summed E-state index contributed by atoms with van der Waals surface area (Å²) in [4.78, 5) is 0. The largest absolute Gasteiger partial charge is 0.323 e. The van der Waals surface area contributed by atoms with Crippen LogP contribution in [0.1, 0.15) is 44.2 Å². The van der Waals surface area contributed by atoms with Crippen LogP contribution in [0.5, 0.6) is 0 Å². The van der Waals surface area contributed by atoms with Crippen molar-refractivity contribution in [3.8, 4) is 0 Å². The van der Waals surface area contributed by atoms with Crippen LogP contribution in [0.25, 0.3) is 10.8 Å². The zero-order valence-corrected chi connectivity index (χ0v) is 13.6. The van der Waals surface area contributed by atoms with Crippen LogP contribution in [-0.4, -0.2) is 11.0 Å². The summed E-state index contributed by atoms with van der Waals surface area (Å²) < 4.78 is 0. The predicted octanol–water partition coefficient (Wildman–Crippen LogP) is 5.15. The van der Waals surface area contributed by atoms with Gasteiger partial charge in [0.25, 0.3) is 0 Å². The SMILES string of the molecule is CC1CCCC(SCC(N)c2ccc3ccccc3c2)C1.